The van der Waals surface area contributed by atoms with Crippen molar-refractivity contribution in [1.29, 1.82) is 0 Å². The first-order valence-electron chi connectivity index (χ1n) is 5.99. The van der Waals surface area contributed by atoms with Gasteiger partial charge in [0.15, 0.2) is 0 Å². The quantitative estimate of drug-likeness (QED) is 0.807. The van der Waals surface area contributed by atoms with Gasteiger partial charge in [0.25, 0.3) is 0 Å². The highest BCUT2D eigenvalue weighted by atomic mass is 16.3. The fourth-order valence-electron chi connectivity index (χ4n) is 1.81. The van der Waals surface area contributed by atoms with E-state index in [1.165, 1.54) is 6.08 Å². The first kappa shape index (κ1) is 14.3. The van der Waals surface area contributed by atoms with Crippen molar-refractivity contribution in [2.75, 3.05) is 0 Å². The van der Waals surface area contributed by atoms with Crippen LogP contribution < -0.4 is 5.32 Å². The number of phenolic OH excluding ortho intramolecular Hbond substituents is 1. The summed E-state index contributed by atoms with van der Waals surface area (Å²) in [5.74, 6) is 0.0191. The van der Waals surface area contributed by atoms with Crippen molar-refractivity contribution in [2.24, 2.45) is 0 Å². The van der Waals surface area contributed by atoms with Gasteiger partial charge in [0.2, 0.25) is 5.91 Å². The highest BCUT2D eigenvalue weighted by molar-refractivity contribution is 5.86. The standard InChI is InChI=1S/C15H21NO2/c1-6-13(17)16-9-11-7-10(2)8-12(14(11)18)15(3,4)5/h6-8,18H,1,9H2,2-5H3,(H,16,17). The summed E-state index contributed by atoms with van der Waals surface area (Å²) in [6, 6.07) is 3.86. The van der Waals surface area contributed by atoms with Gasteiger partial charge in [-0.2, -0.15) is 0 Å². The van der Waals surface area contributed by atoms with E-state index in [1.807, 2.05) is 39.8 Å². The molecule has 0 aliphatic carbocycles. The van der Waals surface area contributed by atoms with E-state index < -0.39 is 0 Å². The van der Waals surface area contributed by atoms with Gasteiger partial charge in [0, 0.05) is 12.1 Å². The Bertz CT molecular complexity index is 470. The van der Waals surface area contributed by atoms with E-state index in [1.54, 1.807) is 0 Å². The number of rotatable bonds is 3. The summed E-state index contributed by atoms with van der Waals surface area (Å²) in [6.45, 7) is 11.8. The molecule has 98 valence electrons. The number of carbonyl (C=O) groups excluding carboxylic acids is 1. The number of benzene rings is 1. The van der Waals surface area contributed by atoms with Gasteiger partial charge in [-0.25, -0.2) is 0 Å². The molecule has 0 unspecified atom stereocenters. The van der Waals surface area contributed by atoms with Crippen LogP contribution in [0.15, 0.2) is 24.8 Å². The smallest absolute Gasteiger partial charge is 0.243 e. The van der Waals surface area contributed by atoms with E-state index in [0.717, 1.165) is 16.7 Å². The number of aryl methyl sites for hydroxylation is 1. The molecule has 0 radical (unpaired) electrons. The molecule has 0 saturated carbocycles. The molecule has 1 aromatic rings. The van der Waals surface area contributed by atoms with Gasteiger partial charge < -0.3 is 10.4 Å². The van der Waals surface area contributed by atoms with Gasteiger partial charge in [0.05, 0.1) is 0 Å². The summed E-state index contributed by atoms with van der Waals surface area (Å²) in [4.78, 5) is 11.2. The Balaban J connectivity index is 3.09. The molecule has 0 fully saturated rings. The third-order valence-electron chi connectivity index (χ3n) is 2.78. The van der Waals surface area contributed by atoms with Crippen LogP contribution in [0, 0.1) is 6.92 Å². The monoisotopic (exact) mass is 247 g/mol. The SMILES string of the molecule is C=CC(=O)NCc1cc(C)cc(C(C)(C)C)c1O. The summed E-state index contributed by atoms with van der Waals surface area (Å²) >= 11 is 0. The topological polar surface area (TPSA) is 49.3 Å². The van der Waals surface area contributed by atoms with Gasteiger partial charge in [-0.05, 0) is 24.0 Å². The maximum absolute atomic E-state index is 11.2. The molecule has 2 N–H and O–H groups in total. The van der Waals surface area contributed by atoms with Gasteiger partial charge in [-0.15, -0.1) is 0 Å². The van der Waals surface area contributed by atoms with Crippen LogP contribution in [0.25, 0.3) is 0 Å². The normalized spacial score (nSPS) is 11.1. The molecule has 0 saturated heterocycles. The summed E-state index contributed by atoms with van der Waals surface area (Å²) in [5, 5.41) is 12.9. The molecule has 3 nitrogen and oxygen atoms in total. The molecule has 1 aromatic carbocycles. The lowest BCUT2D eigenvalue weighted by atomic mass is 9.84. The van der Waals surface area contributed by atoms with Gasteiger partial charge in [0.1, 0.15) is 5.75 Å². The predicted molar refractivity (Wildman–Crippen MR) is 73.6 cm³/mol. The van der Waals surface area contributed by atoms with Crippen molar-refractivity contribution in [3.8, 4) is 5.75 Å². The molecule has 3 heteroatoms. The largest absolute Gasteiger partial charge is 0.507 e. The third kappa shape index (κ3) is 3.36. The fourth-order valence-corrected chi connectivity index (χ4v) is 1.81. The summed E-state index contributed by atoms with van der Waals surface area (Å²) in [5.41, 5.74) is 2.56. The Labute approximate surface area is 109 Å². The summed E-state index contributed by atoms with van der Waals surface area (Å²) < 4.78 is 0. The second kappa shape index (κ2) is 5.25. The molecule has 1 rings (SSSR count). The van der Waals surface area contributed by atoms with Crippen LogP contribution in [0.3, 0.4) is 0 Å². The fraction of sp³-hybridized carbons (Fsp3) is 0.400. The van der Waals surface area contributed by atoms with Gasteiger partial charge in [-0.3, -0.25) is 4.79 Å². The summed E-state index contributed by atoms with van der Waals surface area (Å²) in [6.07, 6.45) is 1.22. The van der Waals surface area contributed by atoms with Crippen molar-refractivity contribution < 1.29 is 9.90 Å². The minimum atomic E-state index is -0.242. The molecule has 1 amide bonds. The van der Waals surface area contributed by atoms with Crippen LogP contribution in [-0.2, 0) is 16.8 Å². The average molecular weight is 247 g/mol. The van der Waals surface area contributed by atoms with Crippen molar-refractivity contribution in [2.45, 2.75) is 39.7 Å². The van der Waals surface area contributed by atoms with Crippen LogP contribution in [0.4, 0.5) is 0 Å². The maximum atomic E-state index is 11.2. The Morgan fingerprint density at radius 1 is 1.44 bits per heavy atom. The number of aromatic hydroxyl groups is 1. The lowest BCUT2D eigenvalue weighted by Gasteiger charge is -2.23. The zero-order chi connectivity index (χ0) is 13.9. The molecule has 0 aliphatic rings. The number of carbonyl (C=O) groups is 1. The number of phenols is 1. The average Bonchev–Trinajstić information content (AvgIpc) is 2.27. The Morgan fingerprint density at radius 2 is 2.06 bits per heavy atom. The van der Waals surface area contributed by atoms with E-state index in [-0.39, 0.29) is 17.1 Å². The minimum absolute atomic E-state index is 0.132. The van der Waals surface area contributed by atoms with Crippen LogP contribution >= 0.6 is 0 Å². The van der Waals surface area contributed by atoms with E-state index in [0.29, 0.717) is 6.54 Å². The molecule has 0 atom stereocenters. The van der Waals surface area contributed by atoms with Crippen molar-refractivity contribution in [3.05, 3.63) is 41.5 Å². The molecule has 0 aromatic heterocycles. The zero-order valence-electron chi connectivity index (χ0n) is 11.5. The van der Waals surface area contributed by atoms with E-state index in [9.17, 15) is 9.90 Å². The van der Waals surface area contributed by atoms with Gasteiger partial charge >= 0.3 is 0 Å². The van der Waals surface area contributed by atoms with Crippen molar-refractivity contribution in [3.63, 3.8) is 0 Å². The lowest BCUT2D eigenvalue weighted by molar-refractivity contribution is -0.116. The molecule has 0 bridgehead atoms. The second-order valence-corrected chi connectivity index (χ2v) is 5.49. The lowest BCUT2D eigenvalue weighted by Crippen LogP contribution is -2.21. The number of amides is 1. The summed E-state index contributed by atoms with van der Waals surface area (Å²) in [7, 11) is 0. The highest BCUT2D eigenvalue weighted by Gasteiger charge is 2.20. The molecule has 0 heterocycles. The van der Waals surface area contributed by atoms with Crippen molar-refractivity contribution >= 4 is 5.91 Å². The van der Waals surface area contributed by atoms with E-state index in [2.05, 4.69) is 11.9 Å². The minimum Gasteiger partial charge on any atom is -0.507 e. The molecule has 18 heavy (non-hydrogen) atoms. The first-order valence-corrected chi connectivity index (χ1v) is 5.99. The Hall–Kier alpha value is -1.77. The first-order chi connectivity index (χ1) is 8.25. The van der Waals surface area contributed by atoms with Crippen LogP contribution in [-0.4, -0.2) is 11.0 Å². The molecule has 0 spiro atoms. The highest BCUT2D eigenvalue weighted by Crippen LogP contribution is 2.34. The van der Waals surface area contributed by atoms with E-state index >= 15 is 0 Å². The van der Waals surface area contributed by atoms with Crippen molar-refractivity contribution in [1.82, 2.24) is 5.32 Å². The number of nitrogens with one attached hydrogen (secondary N) is 1. The number of hydrogen-bond donors (Lipinski definition) is 2. The van der Waals surface area contributed by atoms with Gasteiger partial charge in [-0.1, -0.05) is 45.0 Å². The van der Waals surface area contributed by atoms with Crippen LogP contribution in [0.5, 0.6) is 5.75 Å². The van der Waals surface area contributed by atoms with Crippen LogP contribution in [0.2, 0.25) is 0 Å². The Kier molecular flexibility index (Phi) is 4.17. The second-order valence-electron chi connectivity index (χ2n) is 5.49. The zero-order valence-corrected chi connectivity index (χ0v) is 11.5. The third-order valence-corrected chi connectivity index (χ3v) is 2.78. The molecular weight excluding hydrogens is 226 g/mol. The molecule has 0 aliphatic heterocycles. The molecular formula is C15H21NO2. The van der Waals surface area contributed by atoms with E-state index in [4.69, 9.17) is 0 Å². The number of hydrogen-bond acceptors (Lipinski definition) is 2. The predicted octanol–water partition coefficient (Wildman–Crippen LogP) is 2.80. The van der Waals surface area contributed by atoms with Crippen LogP contribution in [0.1, 0.15) is 37.5 Å². The maximum Gasteiger partial charge on any atom is 0.243 e. The Morgan fingerprint density at radius 3 is 2.56 bits per heavy atom.